The minimum atomic E-state index is 0. The van der Waals surface area contributed by atoms with E-state index in [-0.39, 0.29) is 29.9 Å². The van der Waals surface area contributed by atoms with Crippen LogP contribution in [0.3, 0.4) is 0 Å². The summed E-state index contributed by atoms with van der Waals surface area (Å²) in [6.07, 6.45) is 0. The molecule has 146 valence electrons. The molecular formula is C19H31IN4O2. The number of piperazine rings is 1. The summed E-state index contributed by atoms with van der Waals surface area (Å²) < 4.78 is 5.42. The molecule has 2 rings (SSSR count). The van der Waals surface area contributed by atoms with Gasteiger partial charge in [0.15, 0.2) is 5.96 Å². The first-order valence-electron chi connectivity index (χ1n) is 9.08. The van der Waals surface area contributed by atoms with Crippen LogP contribution in [0.25, 0.3) is 0 Å². The van der Waals surface area contributed by atoms with E-state index in [1.165, 1.54) is 11.1 Å². The molecule has 26 heavy (non-hydrogen) atoms. The highest BCUT2D eigenvalue weighted by atomic mass is 127. The smallest absolute Gasteiger partial charge is 0.219 e. The third-order valence-electron chi connectivity index (χ3n) is 4.27. The summed E-state index contributed by atoms with van der Waals surface area (Å²) in [6, 6.07) is 8.41. The molecular weight excluding hydrogens is 443 g/mol. The Morgan fingerprint density at radius 1 is 1.08 bits per heavy atom. The van der Waals surface area contributed by atoms with Crippen molar-refractivity contribution in [3.05, 3.63) is 35.4 Å². The molecule has 1 aromatic rings. The van der Waals surface area contributed by atoms with Crippen LogP contribution in [0, 0.1) is 0 Å². The summed E-state index contributed by atoms with van der Waals surface area (Å²) in [5.41, 5.74) is 2.36. The molecule has 1 saturated heterocycles. The largest absolute Gasteiger partial charge is 0.377 e. The average molecular weight is 474 g/mol. The van der Waals surface area contributed by atoms with Gasteiger partial charge in [0.2, 0.25) is 5.91 Å². The molecule has 0 unspecified atom stereocenters. The first-order valence-corrected chi connectivity index (χ1v) is 9.08. The van der Waals surface area contributed by atoms with E-state index in [9.17, 15) is 4.79 Å². The number of carbonyl (C=O) groups is 1. The van der Waals surface area contributed by atoms with E-state index >= 15 is 0 Å². The maximum atomic E-state index is 11.5. The van der Waals surface area contributed by atoms with Crippen molar-refractivity contribution in [1.29, 1.82) is 0 Å². The number of halogens is 1. The molecule has 0 spiro atoms. The van der Waals surface area contributed by atoms with Crippen molar-refractivity contribution in [1.82, 2.24) is 15.1 Å². The first-order chi connectivity index (χ1) is 12.1. The fraction of sp³-hybridized carbons (Fsp3) is 0.579. The van der Waals surface area contributed by atoms with Crippen molar-refractivity contribution in [2.24, 2.45) is 4.99 Å². The number of hydrogen-bond acceptors (Lipinski definition) is 3. The van der Waals surface area contributed by atoms with Gasteiger partial charge in [0, 0.05) is 46.3 Å². The lowest BCUT2D eigenvalue weighted by Crippen LogP contribution is -2.53. The number of rotatable bonds is 6. The van der Waals surface area contributed by atoms with Crippen molar-refractivity contribution in [2.45, 2.75) is 33.9 Å². The Labute approximate surface area is 174 Å². The zero-order chi connectivity index (χ0) is 18.1. The predicted molar refractivity (Wildman–Crippen MR) is 116 cm³/mol. The molecule has 1 N–H and O–H groups in total. The van der Waals surface area contributed by atoms with Gasteiger partial charge in [-0.05, 0) is 25.0 Å². The van der Waals surface area contributed by atoms with Gasteiger partial charge in [-0.15, -0.1) is 24.0 Å². The Bertz CT molecular complexity index is 569. The normalized spacial score (nSPS) is 14.8. The highest BCUT2D eigenvalue weighted by molar-refractivity contribution is 14.0. The van der Waals surface area contributed by atoms with E-state index in [1.54, 1.807) is 6.92 Å². The second-order valence-electron chi connectivity index (χ2n) is 6.12. The van der Waals surface area contributed by atoms with Gasteiger partial charge in [0.1, 0.15) is 0 Å². The van der Waals surface area contributed by atoms with E-state index in [2.05, 4.69) is 41.4 Å². The van der Waals surface area contributed by atoms with Crippen molar-refractivity contribution in [2.75, 3.05) is 39.3 Å². The molecule has 0 bridgehead atoms. The molecule has 1 aromatic carbocycles. The highest BCUT2D eigenvalue weighted by Gasteiger charge is 2.20. The summed E-state index contributed by atoms with van der Waals surface area (Å²) >= 11 is 0. The van der Waals surface area contributed by atoms with E-state index in [0.717, 1.165) is 45.3 Å². The van der Waals surface area contributed by atoms with Gasteiger partial charge in [0.05, 0.1) is 13.2 Å². The van der Waals surface area contributed by atoms with Crippen molar-refractivity contribution >= 4 is 35.8 Å². The van der Waals surface area contributed by atoms with E-state index in [4.69, 9.17) is 9.73 Å². The van der Waals surface area contributed by atoms with Crippen LogP contribution >= 0.6 is 24.0 Å². The van der Waals surface area contributed by atoms with Crippen LogP contribution in [-0.2, 0) is 22.7 Å². The molecule has 0 aromatic heterocycles. The molecule has 7 heteroatoms. The second-order valence-corrected chi connectivity index (χ2v) is 6.12. The summed E-state index contributed by atoms with van der Waals surface area (Å²) in [7, 11) is 0. The molecule has 0 radical (unpaired) electrons. The number of benzene rings is 1. The number of guanidine groups is 1. The van der Waals surface area contributed by atoms with E-state index in [1.807, 2.05) is 11.8 Å². The monoisotopic (exact) mass is 474 g/mol. The predicted octanol–water partition coefficient (Wildman–Crippen LogP) is 2.47. The molecule has 1 heterocycles. The van der Waals surface area contributed by atoms with Gasteiger partial charge in [0.25, 0.3) is 0 Å². The lowest BCUT2D eigenvalue weighted by atomic mass is 10.1. The number of ether oxygens (including phenoxy) is 1. The van der Waals surface area contributed by atoms with Crippen molar-refractivity contribution in [3.63, 3.8) is 0 Å². The second kappa shape index (κ2) is 12.1. The maximum absolute atomic E-state index is 11.5. The van der Waals surface area contributed by atoms with Crippen molar-refractivity contribution in [3.8, 4) is 0 Å². The van der Waals surface area contributed by atoms with Crippen LogP contribution in [-0.4, -0.2) is 61.0 Å². The maximum Gasteiger partial charge on any atom is 0.219 e. The van der Waals surface area contributed by atoms with E-state index < -0.39 is 0 Å². The van der Waals surface area contributed by atoms with Crippen molar-refractivity contribution < 1.29 is 9.53 Å². The molecule has 0 saturated carbocycles. The Balaban J connectivity index is 0.00000338. The Hall–Kier alpha value is -1.35. The number of nitrogens with zero attached hydrogens (tertiary/aromatic N) is 3. The Morgan fingerprint density at radius 2 is 1.65 bits per heavy atom. The van der Waals surface area contributed by atoms with Gasteiger partial charge >= 0.3 is 0 Å². The summed E-state index contributed by atoms with van der Waals surface area (Å²) in [4.78, 5) is 20.3. The van der Waals surface area contributed by atoms with Crippen LogP contribution in [0.1, 0.15) is 31.9 Å². The van der Waals surface area contributed by atoms with Gasteiger partial charge in [-0.2, -0.15) is 0 Å². The number of amides is 1. The van der Waals surface area contributed by atoms with Gasteiger partial charge in [-0.3, -0.25) is 4.79 Å². The Morgan fingerprint density at radius 3 is 2.19 bits per heavy atom. The SMILES string of the molecule is CCNC(=NCc1ccc(COCC)cc1)N1CCN(C(C)=O)CC1.I. The van der Waals surface area contributed by atoms with Gasteiger partial charge < -0.3 is 19.9 Å². The van der Waals surface area contributed by atoms with Gasteiger partial charge in [-0.1, -0.05) is 24.3 Å². The topological polar surface area (TPSA) is 57.2 Å². The minimum Gasteiger partial charge on any atom is -0.377 e. The summed E-state index contributed by atoms with van der Waals surface area (Å²) in [6.45, 7) is 11.7. The third-order valence-corrected chi connectivity index (χ3v) is 4.27. The molecule has 1 amide bonds. The zero-order valence-corrected chi connectivity index (χ0v) is 18.4. The third kappa shape index (κ3) is 7.11. The molecule has 1 fully saturated rings. The fourth-order valence-electron chi connectivity index (χ4n) is 2.79. The van der Waals surface area contributed by atoms with Crippen LogP contribution in [0.5, 0.6) is 0 Å². The zero-order valence-electron chi connectivity index (χ0n) is 16.0. The minimum absolute atomic E-state index is 0. The van der Waals surface area contributed by atoms with Crippen LogP contribution in [0.15, 0.2) is 29.3 Å². The summed E-state index contributed by atoms with van der Waals surface area (Å²) in [5.74, 6) is 1.07. The molecule has 0 atom stereocenters. The Kier molecular flexibility index (Phi) is 10.6. The standard InChI is InChI=1S/C19H30N4O2.HI/c1-4-20-19(23-12-10-22(11-13-23)16(3)24)21-14-17-6-8-18(9-7-17)15-25-5-2;/h6-9H,4-5,10-15H2,1-3H3,(H,20,21);1H. The van der Waals surface area contributed by atoms with Crippen LogP contribution < -0.4 is 5.32 Å². The molecule has 6 nitrogen and oxygen atoms in total. The number of hydrogen-bond donors (Lipinski definition) is 1. The lowest BCUT2D eigenvalue weighted by molar-refractivity contribution is -0.130. The van der Waals surface area contributed by atoms with Crippen LogP contribution in [0.4, 0.5) is 0 Å². The average Bonchev–Trinajstić information content (AvgIpc) is 2.64. The molecule has 1 aliphatic heterocycles. The number of aliphatic imine (C=N–C) groups is 1. The summed E-state index contributed by atoms with van der Waals surface area (Å²) in [5, 5.41) is 3.36. The van der Waals surface area contributed by atoms with Crippen LogP contribution in [0.2, 0.25) is 0 Å². The number of carbonyl (C=O) groups excluding carboxylic acids is 1. The first kappa shape index (κ1) is 22.7. The van der Waals surface area contributed by atoms with Gasteiger partial charge in [-0.25, -0.2) is 4.99 Å². The molecule has 1 aliphatic rings. The molecule has 0 aliphatic carbocycles. The van der Waals surface area contributed by atoms with E-state index in [0.29, 0.717) is 13.2 Å². The quantitative estimate of drug-likeness (QED) is 0.391. The fourth-order valence-corrected chi connectivity index (χ4v) is 2.79. The lowest BCUT2D eigenvalue weighted by Gasteiger charge is -2.36. The highest BCUT2D eigenvalue weighted by Crippen LogP contribution is 2.08. The number of nitrogens with one attached hydrogen (secondary N) is 1.